The van der Waals surface area contributed by atoms with Crippen molar-refractivity contribution < 1.29 is 29.3 Å². The summed E-state index contributed by atoms with van der Waals surface area (Å²) in [6.45, 7) is 9.70. The number of hydrogen-bond acceptors (Lipinski definition) is 7. The van der Waals surface area contributed by atoms with Gasteiger partial charge in [0.1, 0.15) is 12.2 Å². The monoisotopic (exact) mass is 369 g/mol. The van der Waals surface area contributed by atoms with Gasteiger partial charge in [0.25, 0.3) is 0 Å². The lowest BCUT2D eigenvalue weighted by Crippen LogP contribution is -2.55. The fourth-order valence-corrected chi connectivity index (χ4v) is 3.77. The molecule has 2 rings (SSSR count). The number of aliphatic hydroxyl groups is 2. The van der Waals surface area contributed by atoms with E-state index in [0.717, 1.165) is 13.1 Å². The number of esters is 2. The van der Waals surface area contributed by atoms with Crippen LogP contribution in [-0.2, 0) is 19.1 Å². The van der Waals surface area contributed by atoms with Crippen molar-refractivity contribution in [3.8, 4) is 0 Å². The number of nitrogens with zero attached hydrogens (tertiary/aromatic N) is 1. The number of carbonyl (C=O) groups excluding carboxylic acids is 2. The maximum atomic E-state index is 12.6. The minimum absolute atomic E-state index is 0.210. The quantitative estimate of drug-likeness (QED) is 0.533. The normalized spacial score (nSPS) is 30.0. The van der Waals surface area contributed by atoms with Crippen molar-refractivity contribution in [2.75, 3.05) is 13.1 Å². The van der Waals surface area contributed by atoms with Gasteiger partial charge in [0.05, 0.1) is 12.1 Å². The predicted octanol–water partition coefficient (Wildman–Crippen LogP) is 1.02. The van der Waals surface area contributed by atoms with E-state index in [-0.39, 0.29) is 18.1 Å². The van der Waals surface area contributed by atoms with Crippen LogP contribution in [0.5, 0.6) is 0 Å². The summed E-state index contributed by atoms with van der Waals surface area (Å²) in [4.78, 5) is 26.9. The molecule has 26 heavy (non-hydrogen) atoms. The van der Waals surface area contributed by atoms with Crippen LogP contribution in [0.15, 0.2) is 11.6 Å². The molecular formula is C19H31NO6. The van der Waals surface area contributed by atoms with Crippen molar-refractivity contribution in [1.29, 1.82) is 0 Å². The van der Waals surface area contributed by atoms with E-state index in [0.29, 0.717) is 18.4 Å². The molecule has 0 bridgehead atoms. The summed E-state index contributed by atoms with van der Waals surface area (Å²) in [5, 5.41) is 20.5. The van der Waals surface area contributed by atoms with Crippen LogP contribution < -0.4 is 0 Å². The first-order valence-corrected chi connectivity index (χ1v) is 9.32. The smallest absolute Gasteiger partial charge is 0.341 e. The van der Waals surface area contributed by atoms with Crippen LogP contribution in [0.1, 0.15) is 47.5 Å². The fourth-order valence-electron chi connectivity index (χ4n) is 3.77. The Hall–Kier alpha value is -1.44. The Morgan fingerprint density at radius 3 is 2.15 bits per heavy atom. The van der Waals surface area contributed by atoms with Crippen molar-refractivity contribution in [3.63, 3.8) is 0 Å². The molecule has 0 aromatic carbocycles. The van der Waals surface area contributed by atoms with Crippen LogP contribution in [-0.4, -0.2) is 70.1 Å². The molecule has 5 atom stereocenters. The van der Waals surface area contributed by atoms with E-state index >= 15 is 0 Å². The van der Waals surface area contributed by atoms with Gasteiger partial charge < -0.3 is 19.7 Å². The van der Waals surface area contributed by atoms with Gasteiger partial charge in [-0.1, -0.05) is 19.9 Å². The maximum Gasteiger partial charge on any atom is 0.341 e. The van der Waals surface area contributed by atoms with Crippen LogP contribution >= 0.6 is 0 Å². The lowest BCUT2D eigenvalue weighted by molar-refractivity contribution is -0.192. The first-order valence-electron chi connectivity index (χ1n) is 9.32. The van der Waals surface area contributed by atoms with E-state index in [2.05, 4.69) is 4.90 Å². The Balaban J connectivity index is 2.10. The molecule has 0 aliphatic carbocycles. The molecule has 0 saturated carbocycles. The third-order valence-electron chi connectivity index (χ3n) is 5.70. The van der Waals surface area contributed by atoms with Gasteiger partial charge in [-0.15, -0.1) is 0 Å². The summed E-state index contributed by atoms with van der Waals surface area (Å²) < 4.78 is 11.2. The molecule has 0 radical (unpaired) electrons. The van der Waals surface area contributed by atoms with Gasteiger partial charge in [-0.2, -0.15) is 0 Å². The van der Waals surface area contributed by atoms with Crippen molar-refractivity contribution in [3.05, 3.63) is 11.6 Å². The van der Waals surface area contributed by atoms with Crippen molar-refractivity contribution >= 4 is 11.9 Å². The second-order valence-electron chi connectivity index (χ2n) is 7.62. The zero-order valence-corrected chi connectivity index (χ0v) is 16.3. The highest BCUT2D eigenvalue weighted by atomic mass is 16.6. The number of ether oxygens (including phenoxy) is 2. The number of carbonyl (C=O) groups is 2. The van der Waals surface area contributed by atoms with E-state index in [1.807, 2.05) is 0 Å². The zero-order valence-electron chi connectivity index (χ0n) is 16.3. The van der Waals surface area contributed by atoms with E-state index in [1.54, 1.807) is 33.8 Å². The molecule has 2 aliphatic rings. The van der Waals surface area contributed by atoms with Gasteiger partial charge in [-0.05, 0) is 39.5 Å². The molecule has 148 valence electrons. The van der Waals surface area contributed by atoms with Crippen molar-refractivity contribution in [1.82, 2.24) is 4.90 Å². The SMILES string of the molecule is C/C=C(/C)C(=O)O[C@@H]1CCN2CC[C@H](OC(=O)[C@](O)(C(C)C)[C@H](C)O)[C@@H]12. The van der Waals surface area contributed by atoms with Gasteiger partial charge >= 0.3 is 11.9 Å². The lowest BCUT2D eigenvalue weighted by atomic mass is 9.85. The van der Waals surface area contributed by atoms with Crippen LogP contribution in [0.4, 0.5) is 0 Å². The Labute approximate surface area is 155 Å². The average molecular weight is 369 g/mol. The summed E-state index contributed by atoms with van der Waals surface area (Å²) in [5.74, 6) is -1.68. The fraction of sp³-hybridized carbons (Fsp3) is 0.789. The van der Waals surface area contributed by atoms with E-state index in [9.17, 15) is 19.8 Å². The van der Waals surface area contributed by atoms with E-state index in [4.69, 9.17) is 9.47 Å². The molecule has 0 unspecified atom stereocenters. The molecule has 2 heterocycles. The Kier molecular flexibility index (Phi) is 6.47. The number of rotatable bonds is 6. The van der Waals surface area contributed by atoms with Gasteiger partial charge in [0.15, 0.2) is 5.60 Å². The second kappa shape index (κ2) is 8.06. The van der Waals surface area contributed by atoms with E-state index in [1.165, 1.54) is 6.92 Å². The highest BCUT2D eigenvalue weighted by Crippen LogP contribution is 2.34. The molecule has 2 N–H and O–H groups in total. The zero-order chi connectivity index (χ0) is 19.6. The standard InChI is InChI=1S/C19H31NO6/c1-6-12(4)17(22)25-14-7-9-20-10-8-15(16(14)20)26-18(23)19(24,11(2)3)13(5)21/h6,11,13-16,21,24H,7-10H2,1-5H3/b12-6-/t13-,14+,15-,16+,19-/m0/s1. The van der Waals surface area contributed by atoms with Gasteiger partial charge in [0.2, 0.25) is 0 Å². The molecule has 0 spiro atoms. The molecule has 7 nitrogen and oxygen atoms in total. The highest BCUT2D eigenvalue weighted by Gasteiger charge is 2.51. The largest absolute Gasteiger partial charge is 0.458 e. The Bertz CT molecular complexity index is 562. The summed E-state index contributed by atoms with van der Waals surface area (Å²) in [6.07, 6.45) is 0.927. The van der Waals surface area contributed by atoms with Crippen LogP contribution in [0, 0.1) is 5.92 Å². The third-order valence-corrected chi connectivity index (χ3v) is 5.70. The summed E-state index contributed by atoms with van der Waals surface area (Å²) in [7, 11) is 0. The molecule has 2 aliphatic heterocycles. The highest BCUT2D eigenvalue weighted by molar-refractivity contribution is 5.87. The Morgan fingerprint density at radius 2 is 1.69 bits per heavy atom. The van der Waals surface area contributed by atoms with Crippen LogP contribution in [0.2, 0.25) is 0 Å². The number of allylic oxidation sites excluding steroid dienone is 1. The second-order valence-corrected chi connectivity index (χ2v) is 7.62. The van der Waals surface area contributed by atoms with Gasteiger partial charge in [-0.3, -0.25) is 4.90 Å². The van der Waals surface area contributed by atoms with Gasteiger partial charge in [-0.25, -0.2) is 9.59 Å². The number of hydrogen-bond donors (Lipinski definition) is 2. The Morgan fingerprint density at radius 1 is 1.15 bits per heavy atom. The van der Waals surface area contributed by atoms with Crippen molar-refractivity contribution in [2.24, 2.45) is 5.92 Å². The van der Waals surface area contributed by atoms with E-state index < -0.39 is 29.7 Å². The minimum Gasteiger partial charge on any atom is -0.458 e. The lowest BCUT2D eigenvalue weighted by Gasteiger charge is -2.34. The maximum absolute atomic E-state index is 12.6. The number of aliphatic hydroxyl groups excluding tert-OH is 1. The molecule has 0 aromatic rings. The average Bonchev–Trinajstić information content (AvgIpc) is 3.16. The first kappa shape index (κ1) is 20.9. The summed E-state index contributed by atoms with van der Waals surface area (Å²) in [6, 6.07) is -0.210. The minimum atomic E-state index is -1.96. The molecule has 2 fully saturated rings. The molecular weight excluding hydrogens is 338 g/mol. The van der Waals surface area contributed by atoms with Crippen LogP contribution in [0.25, 0.3) is 0 Å². The van der Waals surface area contributed by atoms with Crippen molar-refractivity contribution in [2.45, 2.75) is 77.4 Å². The first-order chi connectivity index (χ1) is 12.1. The molecule has 0 amide bonds. The topological polar surface area (TPSA) is 96.3 Å². The predicted molar refractivity (Wildman–Crippen MR) is 95.3 cm³/mol. The molecule has 2 saturated heterocycles. The number of fused-ring (bicyclic) bond motifs is 1. The van der Waals surface area contributed by atoms with Crippen LogP contribution in [0.3, 0.4) is 0 Å². The van der Waals surface area contributed by atoms with Gasteiger partial charge in [0, 0.05) is 18.7 Å². The molecule has 0 aromatic heterocycles. The summed E-state index contributed by atoms with van der Waals surface area (Å²) in [5.41, 5.74) is -1.42. The molecule has 7 heteroatoms. The summed E-state index contributed by atoms with van der Waals surface area (Å²) >= 11 is 0. The third kappa shape index (κ3) is 3.80.